The minimum atomic E-state index is 1.37. The van der Waals surface area contributed by atoms with E-state index in [0.717, 1.165) is 0 Å². The predicted molar refractivity (Wildman–Crippen MR) is 72.6 cm³/mol. The highest BCUT2D eigenvalue weighted by Crippen LogP contribution is 2.22. The van der Waals surface area contributed by atoms with E-state index in [4.69, 9.17) is 0 Å². The summed E-state index contributed by atoms with van der Waals surface area (Å²) in [7, 11) is 0. The standard InChI is InChI=1S/C15H32N/c1-3-5-7-9-13-16(12-8-6-4-2)14-10-11-15-16/h3-15H2,1-2H3/q+1. The first-order valence-corrected chi connectivity index (χ1v) is 7.68. The molecule has 0 amide bonds. The quantitative estimate of drug-likeness (QED) is 0.404. The van der Waals surface area contributed by atoms with Gasteiger partial charge in [0, 0.05) is 12.8 Å². The van der Waals surface area contributed by atoms with Crippen LogP contribution in [0.3, 0.4) is 0 Å². The number of quaternary nitrogens is 1. The van der Waals surface area contributed by atoms with Crippen LogP contribution >= 0.6 is 0 Å². The van der Waals surface area contributed by atoms with E-state index in [9.17, 15) is 0 Å². The number of likely N-dealkylation sites (tertiary alicyclic amines) is 1. The summed E-state index contributed by atoms with van der Waals surface area (Å²) in [6.45, 7) is 10.5. The average Bonchev–Trinajstić information content (AvgIpc) is 2.74. The summed E-state index contributed by atoms with van der Waals surface area (Å²) in [6, 6.07) is 0. The second kappa shape index (κ2) is 8.11. The Morgan fingerprint density at radius 1 is 0.688 bits per heavy atom. The van der Waals surface area contributed by atoms with Crippen molar-refractivity contribution >= 4 is 0 Å². The fraction of sp³-hybridized carbons (Fsp3) is 1.00. The molecule has 0 radical (unpaired) electrons. The lowest BCUT2D eigenvalue weighted by Gasteiger charge is -2.34. The zero-order valence-electron chi connectivity index (χ0n) is 11.6. The monoisotopic (exact) mass is 226 g/mol. The first kappa shape index (κ1) is 14.0. The van der Waals surface area contributed by atoms with Gasteiger partial charge in [0.05, 0.1) is 26.2 Å². The lowest BCUT2D eigenvalue weighted by Crippen LogP contribution is -2.46. The fourth-order valence-corrected chi connectivity index (χ4v) is 3.14. The van der Waals surface area contributed by atoms with Gasteiger partial charge in [0.2, 0.25) is 0 Å². The zero-order chi connectivity index (χ0) is 11.7. The van der Waals surface area contributed by atoms with Crippen LogP contribution in [0.15, 0.2) is 0 Å². The second-order valence-corrected chi connectivity index (χ2v) is 5.71. The van der Waals surface area contributed by atoms with Gasteiger partial charge in [0.1, 0.15) is 0 Å². The van der Waals surface area contributed by atoms with E-state index in [-0.39, 0.29) is 0 Å². The van der Waals surface area contributed by atoms with Crippen LogP contribution in [0.1, 0.15) is 71.6 Å². The molecule has 1 nitrogen and oxygen atoms in total. The Labute approximate surface area is 103 Å². The maximum atomic E-state index is 2.32. The SMILES string of the molecule is CCCCCC[N+]1(CCCCC)CCCC1. The molecule has 0 bridgehead atoms. The molecule has 0 spiro atoms. The van der Waals surface area contributed by atoms with Crippen molar-refractivity contribution in [2.24, 2.45) is 0 Å². The lowest BCUT2D eigenvalue weighted by molar-refractivity contribution is -0.917. The molecule has 1 fully saturated rings. The highest BCUT2D eigenvalue weighted by molar-refractivity contribution is 4.56. The molecule has 1 saturated heterocycles. The Balaban J connectivity index is 2.22. The first-order valence-electron chi connectivity index (χ1n) is 7.68. The van der Waals surface area contributed by atoms with Crippen LogP contribution in [0.2, 0.25) is 0 Å². The van der Waals surface area contributed by atoms with Gasteiger partial charge >= 0.3 is 0 Å². The number of nitrogens with zero attached hydrogens (tertiary/aromatic N) is 1. The lowest BCUT2D eigenvalue weighted by atomic mass is 10.1. The molecule has 0 N–H and O–H groups in total. The molecule has 1 heterocycles. The molecule has 1 aliphatic rings. The molecule has 1 rings (SSSR count). The molecular formula is C15H32N+. The van der Waals surface area contributed by atoms with Crippen molar-refractivity contribution in [3.8, 4) is 0 Å². The van der Waals surface area contributed by atoms with Gasteiger partial charge in [-0.25, -0.2) is 0 Å². The van der Waals surface area contributed by atoms with E-state index >= 15 is 0 Å². The predicted octanol–water partition coefficient (Wildman–Crippen LogP) is 4.37. The van der Waals surface area contributed by atoms with Crippen molar-refractivity contribution in [2.45, 2.75) is 71.6 Å². The van der Waals surface area contributed by atoms with Gasteiger partial charge in [-0.15, -0.1) is 0 Å². The second-order valence-electron chi connectivity index (χ2n) is 5.71. The fourth-order valence-electron chi connectivity index (χ4n) is 3.14. The van der Waals surface area contributed by atoms with Gasteiger partial charge in [-0.1, -0.05) is 33.1 Å². The number of unbranched alkanes of at least 4 members (excludes halogenated alkanes) is 5. The van der Waals surface area contributed by atoms with Crippen molar-refractivity contribution in [2.75, 3.05) is 26.2 Å². The van der Waals surface area contributed by atoms with Gasteiger partial charge in [0.15, 0.2) is 0 Å². The number of hydrogen-bond acceptors (Lipinski definition) is 0. The summed E-state index contributed by atoms with van der Waals surface area (Å²) >= 11 is 0. The van der Waals surface area contributed by atoms with E-state index in [1.165, 1.54) is 88.4 Å². The van der Waals surface area contributed by atoms with Crippen LogP contribution in [0.5, 0.6) is 0 Å². The van der Waals surface area contributed by atoms with Crippen molar-refractivity contribution in [1.82, 2.24) is 0 Å². The number of hydrogen-bond donors (Lipinski definition) is 0. The summed E-state index contributed by atoms with van der Waals surface area (Å²) in [5.74, 6) is 0. The van der Waals surface area contributed by atoms with Crippen LogP contribution < -0.4 is 0 Å². The Bertz CT molecular complexity index is 159. The average molecular weight is 226 g/mol. The molecule has 0 atom stereocenters. The van der Waals surface area contributed by atoms with Crippen LogP contribution in [-0.4, -0.2) is 30.7 Å². The summed E-state index contributed by atoms with van der Waals surface area (Å²) < 4.78 is 1.48. The molecule has 1 aliphatic heterocycles. The third-order valence-electron chi connectivity index (χ3n) is 4.24. The zero-order valence-corrected chi connectivity index (χ0v) is 11.6. The van der Waals surface area contributed by atoms with Gasteiger partial charge in [-0.05, 0) is 25.7 Å². The third-order valence-corrected chi connectivity index (χ3v) is 4.24. The van der Waals surface area contributed by atoms with E-state index in [0.29, 0.717) is 0 Å². The molecule has 0 aromatic rings. The van der Waals surface area contributed by atoms with Gasteiger partial charge < -0.3 is 4.48 Å². The van der Waals surface area contributed by atoms with E-state index < -0.39 is 0 Å². The summed E-state index contributed by atoms with van der Waals surface area (Å²) in [6.07, 6.45) is 13.0. The summed E-state index contributed by atoms with van der Waals surface area (Å²) in [5.41, 5.74) is 0. The van der Waals surface area contributed by atoms with Gasteiger partial charge in [-0.3, -0.25) is 0 Å². The summed E-state index contributed by atoms with van der Waals surface area (Å²) in [4.78, 5) is 0. The minimum Gasteiger partial charge on any atom is -0.324 e. The molecule has 0 aromatic heterocycles. The Kier molecular flexibility index (Phi) is 7.11. The van der Waals surface area contributed by atoms with Crippen LogP contribution in [0.25, 0.3) is 0 Å². The maximum absolute atomic E-state index is 2.32. The Morgan fingerprint density at radius 2 is 1.19 bits per heavy atom. The summed E-state index contributed by atoms with van der Waals surface area (Å²) in [5, 5.41) is 0. The van der Waals surface area contributed by atoms with Crippen molar-refractivity contribution < 1.29 is 4.48 Å². The third kappa shape index (κ3) is 4.86. The normalized spacial score (nSPS) is 19.1. The smallest absolute Gasteiger partial charge is 0.0788 e. The minimum absolute atomic E-state index is 1.37. The molecule has 0 aromatic carbocycles. The molecule has 16 heavy (non-hydrogen) atoms. The largest absolute Gasteiger partial charge is 0.324 e. The Morgan fingerprint density at radius 3 is 1.75 bits per heavy atom. The van der Waals surface area contributed by atoms with Gasteiger partial charge in [-0.2, -0.15) is 0 Å². The molecule has 0 saturated carbocycles. The topological polar surface area (TPSA) is 0 Å². The van der Waals surface area contributed by atoms with Crippen molar-refractivity contribution in [1.29, 1.82) is 0 Å². The van der Waals surface area contributed by atoms with Crippen LogP contribution in [0, 0.1) is 0 Å². The molecule has 0 aliphatic carbocycles. The molecule has 0 unspecified atom stereocenters. The van der Waals surface area contributed by atoms with E-state index in [1.807, 2.05) is 0 Å². The number of rotatable bonds is 9. The van der Waals surface area contributed by atoms with E-state index in [1.54, 1.807) is 0 Å². The van der Waals surface area contributed by atoms with Crippen LogP contribution in [-0.2, 0) is 0 Å². The van der Waals surface area contributed by atoms with Crippen LogP contribution in [0.4, 0.5) is 0 Å². The highest BCUT2D eigenvalue weighted by atomic mass is 15.4. The van der Waals surface area contributed by atoms with E-state index in [2.05, 4.69) is 13.8 Å². The molecule has 96 valence electrons. The van der Waals surface area contributed by atoms with Gasteiger partial charge in [0.25, 0.3) is 0 Å². The Hall–Kier alpha value is -0.0400. The van der Waals surface area contributed by atoms with Crippen molar-refractivity contribution in [3.05, 3.63) is 0 Å². The van der Waals surface area contributed by atoms with Crippen molar-refractivity contribution in [3.63, 3.8) is 0 Å². The molecule has 1 heteroatoms. The highest BCUT2D eigenvalue weighted by Gasteiger charge is 2.30. The first-order chi connectivity index (χ1) is 7.83. The molecular weight excluding hydrogens is 194 g/mol. The maximum Gasteiger partial charge on any atom is 0.0788 e.